The number of hydrogen-bond donors (Lipinski definition) is 0. The van der Waals surface area contributed by atoms with Crippen molar-refractivity contribution in [3.05, 3.63) is 90.7 Å². The number of nitrogens with zero attached hydrogens (tertiary/aromatic N) is 7. The summed E-state index contributed by atoms with van der Waals surface area (Å²) in [5.74, 6) is -0.0120. The quantitative estimate of drug-likeness (QED) is 0.191. The van der Waals surface area contributed by atoms with Crippen molar-refractivity contribution in [2.75, 3.05) is 33.3 Å². The van der Waals surface area contributed by atoms with Crippen molar-refractivity contribution in [1.82, 2.24) is 34.2 Å². The SMILES string of the molecule is C=CCN1CC(n2cc(-c3nc(-c4ccc5c(c4)CCN(C(=O)OC(C)(C)C)C5)c4ccnn4c3-c3ccc(F)cc3OC)cn2)C1. The highest BCUT2D eigenvalue weighted by molar-refractivity contribution is 5.88. The van der Waals surface area contributed by atoms with E-state index in [1.165, 1.54) is 19.2 Å². The topological polar surface area (TPSA) is 90.0 Å². The number of carbonyl (C=O) groups is 1. The lowest BCUT2D eigenvalue weighted by molar-refractivity contribution is 0.0224. The second-order valence-electron chi connectivity index (χ2n) is 13.1. The van der Waals surface area contributed by atoms with Crippen LogP contribution in [0.4, 0.5) is 9.18 Å². The number of benzene rings is 2. The monoisotopic (exact) mass is 635 g/mol. The summed E-state index contributed by atoms with van der Waals surface area (Å²) in [6.45, 7) is 13.2. The minimum atomic E-state index is -0.550. The van der Waals surface area contributed by atoms with E-state index in [2.05, 4.69) is 23.6 Å². The van der Waals surface area contributed by atoms with Gasteiger partial charge in [0.1, 0.15) is 28.6 Å². The Bertz CT molecular complexity index is 1990. The van der Waals surface area contributed by atoms with Crippen LogP contribution in [0, 0.1) is 5.82 Å². The second-order valence-corrected chi connectivity index (χ2v) is 13.1. The number of carbonyl (C=O) groups excluding carboxylic acids is 1. The highest BCUT2D eigenvalue weighted by atomic mass is 19.1. The van der Waals surface area contributed by atoms with Crippen LogP contribution in [0.3, 0.4) is 0 Å². The molecule has 11 heteroatoms. The number of rotatable bonds is 7. The number of methoxy groups -OCH3 is 1. The first-order chi connectivity index (χ1) is 22.6. The Hall–Kier alpha value is -5.03. The van der Waals surface area contributed by atoms with Crippen LogP contribution in [-0.2, 0) is 17.7 Å². The molecule has 0 atom stereocenters. The van der Waals surface area contributed by atoms with E-state index in [1.807, 2.05) is 60.6 Å². The van der Waals surface area contributed by atoms with E-state index >= 15 is 0 Å². The molecule has 1 saturated heterocycles. The largest absolute Gasteiger partial charge is 0.496 e. The van der Waals surface area contributed by atoms with E-state index in [4.69, 9.17) is 24.7 Å². The van der Waals surface area contributed by atoms with E-state index in [-0.39, 0.29) is 12.1 Å². The predicted molar refractivity (Wildman–Crippen MR) is 178 cm³/mol. The molecule has 7 rings (SSSR count). The molecule has 3 aromatic heterocycles. The number of hydrogen-bond acceptors (Lipinski definition) is 7. The summed E-state index contributed by atoms with van der Waals surface area (Å²) in [4.78, 5) is 22.1. The Labute approximate surface area is 273 Å². The normalized spacial score (nSPS) is 15.4. The lowest BCUT2D eigenvalue weighted by Gasteiger charge is -2.38. The minimum Gasteiger partial charge on any atom is -0.496 e. The Morgan fingerprint density at radius 1 is 1.06 bits per heavy atom. The number of fused-ring (bicyclic) bond motifs is 2. The van der Waals surface area contributed by atoms with Gasteiger partial charge in [-0.1, -0.05) is 18.2 Å². The van der Waals surface area contributed by atoms with Gasteiger partial charge >= 0.3 is 6.09 Å². The van der Waals surface area contributed by atoms with Gasteiger partial charge in [-0.25, -0.2) is 18.7 Å². The van der Waals surface area contributed by atoms with E-state index < -0.39 is 11.4 Å². The number of amides is 1. The van der Waals surface area contributed by atoms with E-state index in [9.17, 15) is 9.18 Å². The third-order valence-electron chi connectivity index (χ3n) is 8.68. The number of likely N-dealkylation sites (tertiary alicyclic amines) is 1. The summed E-state index contributed by atoms with van der Waals surface area (Å²) >= 11 is 0. The summed E-state index contributed by atoms with van der Waals surface area (Å²) in [5, 5.41) is 9.47. The number of aromatic nitrogens is 5. The fourth-order valence-corrected chi connectivity index (χ4v) is 6.38. The maximum Gasteiger partial charge on any atom is 0.410 e. The highest BCUT2D eigenvalue weighted by Crippen LogP contribution is 2.40. The Morgan fingerprint density at radius 2 is 1.89 bits per heavy atom. The van der Waals surface area contributed by atoms with Crippen molar-refractivity contribution in [3.63, 3.8) is 0 Å². The van der Waals surface area contributed by atoms with Crippen LogP contribution in [-0.4, -0.2) is 79.2 Å². The van der Waals surface area contributed by atoms with E-state index in [1.54, 1.807) is 17.2 Å². The average molecular weight is 636 g/mol. The van der Waals surface area contributed by atoms with Crippen LogP contribution >= 0.6 is 0 Å². The van der Waals surface area contributed by atoms with Crippen molar-refractivity contribution in [2.45, 2.75) is 45.4 Å². The van der Waals surface area contributed by atoms with Crippen molar-refractivity contribution in [1.29, 1.82) is 0 Å². The van der Waals surface area contributed by atoms with Crippen molar-refractivity contribution in [3.8, 4) is 39.5 Å². The van der Waals surface area contributed by atoms with Gasteiger partial charge < -0.3 is 14.4 Å². The molecule has 5 heterocycles. The first-order valence-corrected chi connectivity index (χ1v) is 15.8. The maximum absolute atomic E-state index is 14.3. The van der Waals surface area contributed by atoms with Crippen molar-refractivity contribution >= 4 is 11.6 Å². The zero-order valence-corrected chi connectivity index (χ0v) is 27.1. The van der Waals surface area contributed by atoms with Gasteiger partial charge in [0.15, 0.2) is 0 Å². The Morgan fingerprint density at radius 3 is 2.66 bits per heavy atom. The molecule has 1 amide bonds. The van der Waals surface area contributed by atoms with Crippen LogP contribution < -0.4 is 4.74 Å². The van der Waals surface area contributed by atoms with Crippen LogP contribution in [0.5, 0.6) is 5.75 Å². The second kappa shape index (κ2) is 12.0. The van der Waals surface area contributed by atoms with Gasteiger partial charge in [0, 0.05) is 61.7 Å². The minimum absolute atomic E-state index is 0.251. The molecule has 10 nitrogen and oxygen atoms in total. The lowest BCUT2D eigenvalue weighted by atomic mass is 9.95. The van der Waals surface area contributed by atoms with Crippen LogP contribution in [0.25, 0.3) is 39.3 Å². The summed E-state index contributed by atoms with van der Waals surface area (Å²) in [6, 6.07) is 12.9. The van der Waals surface area contributed by atoms with E-state index in [0.29, 0.717) is 42.2 Å². The Balaban J connectivity index is 1.32. The summed E-state index contributed by atoms with van der Waals surface area (Å²) in [7, 11) is 1.53. The Kier molecular flexibility index (Phi) is 7.79. The average Bonchev–Trinajstić information content (AvgIpc) is 3.71. The molecule has 0 radical (unpaired) electrons. The third-order valence-corrected chi connectivity index (χ3v) is 8.68. The molecule has 242 valence electrons. The smallest absolute Gasteiger partial charge is 0.410 e. The molecule has 47 heavy (non-hydrogen) atoms. The molecule has 0 spiro atoms. The lowest BCUT2D eigenvalue weighted by Crippen LogP contribution is -2.47. The first-order valence-electron chi connectivity index (χ1n) is 15.8. The van der Waals surface area contributed by atoms with Gasteiger partial charge in [0.05, 0.1) is 36.8 Å². The number of halogens is 1. The molecule has 5 aromatic rings. The molecule has 2 aliphatic heterocycles. The first kappa shape index (κ1) is 30.6. The molecule has 0 N–H and O–H groups in total. The van der Waals surface area contributed by atoms with Crippen LogP contribution in [0.1, 0.15) is 37.9 Å². The fourth-order valence-electron chi connectivity index (χ4n) is 6.38. The zero-order chi connectivity index (χ0) is 32.9. The van der Waals surface area contributed by atoms with Crippen molar-refractivity contribution < 1.29 is 18.7 Å². The van der Waals surface area contributed by atoms with Gasteiger partial charge in [-0.05, 0) is 62.6 Å². The predicted octanol–water partition coefficient (Wildman–Crippen LogP) is 6.41. The van der Waals surface area contributed by atoms with E-state index in [0.717, 1.165) is 53.1 Å². The molecule has 2 aliphatic rings. The van der Waals surface area contributed by atoms with Crippen LogP contribution in [0.2, 0.25) is 0 Å². The highest BCUT2D eigenvalue weighted by Gasteiger charge is 2.30. The molecular formula is C36H38FN7O3. The van der Waals surface area contributed by atoms with Crippen molar-refractivity contribution in [2.24, 2.45) is 0 Å². The summed E-state index contributed by atoms with van der Waals surface area (Å²) in [5.41, 5.74) is 7.00. The molecule has 2 aromatic carbocycles. The summed E-state index contributed by atoms with van der Waals surface area (Å²) in [6.07, 6.45) is 7.90. The molecule has 0 saturated carbocycles. The van der Waals surface area contributed by atoms with Gasteiger partial charge in [-0.3, -0.25) is 9.58 Å². The molecule has 0 bridgehead atoms. The summed E-state index contributed by atoms with van der Waals surface area (Å²) < 4.78 is 29.5. The molecule has 0 unspecified atom stereocenters. The zero-order valence-electron chi connectivity index (χ0n) is 27.1. The molecular weight excluding hydrogens is 597 g/mol. The number of ether oxygens (including phenoxy) is 2. The fraction of sp³-hybridized carbons (Fsp3) is 0.333. The standard InChI is InChI=1S/C36H38FN7O3/c1-6-14-41-21-28(22-41)43-20-26(18-39-43)33-34(29-10-9-27(37)17-31(29)46-5)44-30(11-13-38-44)32(40-33)24-7-8-25-19-42(15-12-23(25)16-24)35(45)47-36(2,3)4/h6-11,13,16-18,20,28H,1,12,14-15,19,21-22H2,2-5H3. The van der Waals surface area contributed by atoms with Gasteiger partial charge in [0.2, 0.25) is 0 Å². The van der Waals surface area contributed by atoms with Gasteiger partial charge in [-0.2, -0.15) is 10.2 Å². The van der Waals surface area contributed by atoms with Gasteiger partial charge in [0.25, 0.3) is 0 Å². The third kappa shape index (κ3) is 5.87. The maximum atomic E-state index is 14.3. The van der Waals surface area contributed by atoms with Crippen LogP contribution in [0.15, 0.2) is 73.7 Å². The molecule has 0 aliphatic carbocycles. The molecule has 1 fully saturated rings. The van der Waals surface area contributed by atoms with Gasteiger partial charge in [-0.15, -0.1) is 6.58 Å².